The Kier molecular flexibility index (Phi) is 6.26. The van der Waals surface area contributed by atoms with Gasteiger partial charge in [-0.1, -0.05) is 19.1 Å². The molecule has 1 N–H and O–H groups in total. The molecule has 39 heavy (non-hydrogen) atoms. The number of ether oxygens (including phenoxy) is 2. The summed E-state index contributed by atoms with van der Waals surface area (Å²) in [5.74, 6) is 3.70. The molecule has 7 rings (SSSR count). The molecule has 3 aliphatic heterocycles. The molecule has 4 aromatic rings. The molecule has 0 aliphatic carbocycles. The van der Waals surface area contributed by atoms with Gasteiger partial charge in [-0.15, -0.1) is 0 Å². The number of rotatable bonds is 6. The number of aliphatic hydroxyl groups is 1. The fraction of sp³-hybridized carbons (Fsp3) is 0.571. The van der Waals surface area contributed by atoms with E-state index in [-0.39, 0.29) is 0 Å². The van der Waals surface area contributed by atoms with Crippen molar-refractivity contribution in [1.82, 2.24) is 34.0 Å². The van der Waals surface area contributed by atoms with Crippen LogP contribution in [0.25, 0.3) is 28.1 Å². The van der Waals surface area contributed by atoms with Crippen LogP contribution in [-0.2, 0) is 29.5 Å². The fourth-order valence-corrected chi connectivity index (χ4v) is 6.23. The van der Waals surface area contributed by atoms with E-state index in [1.165, 1.54) is 0 Å². The number of fused-ring (bicyclic) bond motifs is 2. The summed E-state index contributed by atoms with van der Waals surface area (Å²) < 4.78 is 15.1. The van der Waals surface area contributed by atoms with Gasteiger partial charge in [0, 0.05) is 26.6 Å². The van der Waals surface area contributed by atoms with Crippen molar-refractivity contribution in [3.05, 3.63) is 35.9 Å². The van der Waals surface area contributed by atoms with Crippen molar-refractivity contribution < 1.29 is 14.6 Å². The van der Waals surface area contributed by atoms with Crippen LogP contribution in [0.3, 0.4) is 0 Å². The maximum atomic E-state index is 10.7. The standard InChI is InChI=1S/C28H36N8O3/c1-3-22-29-20-6-4-5-7-21(20)36(22)27-31-25-24(26(32-27)35-12-14-38-15-13-35)30-23(33(25)2)16-34-10-8-19(9-11-34)28(37)17-39-18-28/h4-7,19,37H,3,8-18H2,1-2H3. The van der Waals surface area contributed by atoms with Gasteiger partial charge in [-0.05, 0) is 44.0 Å². The Morgan fingerprint density at radius 1 is 0.949 bits per heavy atom. The molecular weight excluding hydrogens is 496 g/mol. The number of benzene rings is 1. The van der Waals surface area contributed by atoms with Crippen LogP contribution in [0.5, 0.6) is 0 Å². The third-order valence-corrected chi connectivity index (χ3v) is 8.65. The van der Waals surface area contributed by atoms with Crippen LogP contribution in [0, 0.1) is 5.92 Å². The van der Waals surface area contributed by atoms with Gasteiger partial charge in [0.15, 0.2) is 17.0 Å². The van der Waals surface area contributed by atoms with E-state index in [4.69, 9.17) is 29.4 Å². The number of piperidine rings is 1. The van der Waals surface area contributed by atoms with E-state index < -0.39 is 5.60 Å². The molecule has 11 nitrogen and oxygen atoms in total. The second-order valence-electron chi connectivity index (χ2n) is 11.1. The SMILES string of the molecule is CCc1nc2ccccc2n1-c1nc(N2CCOCC2)c2nc(CN3CCC(C4(O)COC4)CC3)n(C)c2n1. The van der Waals surface area contributed by atoms with E-state index in [1.54, 1.807) is 0 Å². The van der Waals surface area contributed by atoms with Gasteiger partial charge in [0.2, 0.25) is 5.95 Å². The lowest BCUT2D eigenvalue weighted by atomic mass is 9.79. The quantitative estimate of drug-likeness (QED) is 0.399. The highest BCUT2D eigenvalue weighted by Gasteiger charge is 2.44. The summed E-state index contributed by atoms with van der Waals surface area (Å²) in [4.78, 5) is 24.9. The Morgan fingerprint density at radius 2 is 1.72 bits per heavy atom. The van der Waals surface area contributed by atoms with Crippen molar-refractivity contribution in [1.29, 1.82) is 0 Å². The number of nitrogens with zero attached hydrogens (tertiary/aromatic N) is 8. The lowest BCUT2D eigenvalue weighted by Crippen LogP contribution is -2.57. The minimum absolute atomic E-state index is 0.307. The first-order valence-electron chi connectivity index (χ1n) is 14.1. The maximum absolute atomic E-state index is 10.7. The summed E-state index contributed by atoms with van der Waals surface area (Å²) in [6.07, 6.45) is 2.72. The van der Waals surface area contributed by atoms with E-state index in [2.05, 4.69) is 39.0 Å². The molecule has 3 fully saturated rings. The summed E-state index contributed by atoms with van der Waals surface area (Å²) in [7, 11) is 2.05. The highest BCUT2D eigenvalue weighted by molar-refractivity contribution is 5.86. The molecule has 0 saturated carbocycles. The second-order valence-corrected chi connectivity index (χ2v) is 11.1. The maximum Gasteiger partial charge on any atom is 0.239 e. The monoisotopic (exact) mass is 532 g/mol. The topological polar surface area (TPSA) is 107 Å². The van der Waals surface area contributed by atoms with E-state index in [9.17, 15) is 5.11 Å². The predicted molar refractivity (Wildman–Crippen MR) is 147 cm³/mol. The molecule has 206 valence electrons. The Balaban J connectivity index is 1.26. The van der Waals surface area contributed by atoms with Gasteiger partial charge in [-0.25, -0.2) is 9.97 Å². The van der Waals surface area contributed by atoms with Gasteiger partial charge in [0.05, 0.1) is 44.0 Å². The van der Waals surface area contributed by atoms with E-state index in [0.717, 1.165) is 91.7 Å². The summed E-state index contributed by atoms with van der Waals surface area (Å²) in [6, 6.07) is 8.16. The molecule has 0 spiro atoms. The molecular formula is C28H36N8O3. The summed E-state index contributed by atoms with van der Waals surface area (Å²) in [5.41, 5.74) is 2.98. The number of aromatic nitrogens is 6. The third kappa shape index (κ3) is 4.28. The number of hydrogen-bond donors (Lipinski definition) is 1. The van der Waals surface area contributed by atoms with Crippen LogP contribution < -0.4 is 4.90 Å². The molecule has 0 amide bonds. The highest BCUT2D eigenvalue weighted by Crippen LogP contribution is 2.35. The van der Waals surface area contributed by atoms with Gasteiger partial charge in [0.25, 0.3) is 0 Å². The minimum Gasteiger partial charge on any atom is -0.385 e. The molecule has 11 heteroatoms. The molecule has 0 unspecified atom stereocenters. The predicted octanol–water partition coefficient (Wildman–Crippen LogP) is 2.07. The number of anilines is 1. The summed E-state index contributed by atoms with van der Waals surface area (Å²) in [5, 5.41) is 10.7. The zero-order valence-corrected chi connectivity index (χ0v) is 22.7. The number of morpholine rings is 1. The first-order valence-corrected chi connectivity index (χ1v) is 14.1. The highest BCUT2D eigenvalue weighted by atomic mass is 16.5. The average molecular weight is 533 g/mol. The molecule has 1 aromatic carbocycles. The lowest BCUT2D eigenvalue weighted by Gasteiger charge is -2.46. The van der Waals surface area contributed by atoms with Crippen molar-refractivity contribution in [2.75, 3.05) is 57.5 Å². The normalized spacial score (nSPS) is 20.6. The van der Waals surface area contributed by atoms with Crippen molar-refractivity contribution in [2.45, 2.75) is 38.3 Å². The van der Waals surface area contributed by atoms with Crippen LogP contribution in [0.2, 0.25) is 0 Å². The summed E-state index contributed by atoms with van der Waals surface area (Å²) >= 11 is 0. The Hall–Kier alpha value is -3.12. The number of para-hydroxylation sites is 2. The fourth-order valence-electron chi connectivity index (χ4n) is 6.23. The van der Waals surface area contributed by atoms with Gasteiger partial charge in [0.1, 0.15) is 17.2 Å². The number of hydrogen-bond acceptors (Lipinski definition) is 9. The molecule has 0 atom stereocenters. The van der Waals surface area contributed by atoms with Gasteiger partial charge in [-0.2, -0.15) is 9.97 Å². The second kappa shape index (κ2) is 9.81. The zero-order valence-electron chi connectivity index (χ0n) is 22.7. The summed E-state index contributed by atoms with van der Waals surface area (Å²) in [6.45, 7) is 8.53. The Bertz CT molecular complexity index is 1500. The molecule has 3 aromatic heterocycles. The first-order chi connectivity index (χ1) is 19.0. The molecule has 0 radical (unpaired) electrons. The van der Waals surface area contributed by atoms with Crippen LogP contribution in [0.15, 0.2) is 24.3 Å². The number of imidazole rings is 2. The molecule has 6 heterocycles. The first kappa shape index (κ1) is 24.9. The van der Waals surface area contributed by atoms with Crippen molar-refractivity contribution >= 4 is 28.0 Å². The van der Waals surface area contributed by atoms with E-state index in [0.29, 0.717) is 38.3 Å². The van der Waals surface area contributed by atoms with Gasteiger partial charge < -0.3 is 24.0 Å². The zero-order chi connectivity index (χ0) is 26.6. The van der Waals surface area contributed by atoms with Gasteiger partial charge in [-0.3, -0.25) is 9.47 Å². The smallest absolute Gasteiger partial charge is 0.239 e. The molecule has 3 saturated heterocycles. The Labute approximate surface area is 227 Å². The Morgan fingerprint density at radius 3 is 2.44 bits per heavy atom. The van der Waals surface area contributed by atoms with Crippen molar-refractivity contribution in [3.63, 3.8) is 0 Å². The van der Waals surface area contributed by atoms with E-state index >= 15 is 0 Å². The largest absolute Gasteiger partial charge is 0.385 e. The third-order valence-electron chi connectivity index (χ3n) is 8.65. The van der Waals surface area contributed by atoms with Crippen LogP contribution in [0.4, 0.5) is 5.82 Å². The van der Waals surface area contributed by atoms with Gasteiger partial charge >= 0.3 is 0 Å². The van der Waals surface area contributed by atoms with Crippen LogP contribution in [-0.4, -0.2) is 97.3 Å². The lowest BCUT2D eigenvalue weighted by molar-refractivity contribution is -0.214. The average Bonchev–Trinajstić information content (AvgIpc) is 3.49. The van der Waals surface area contributed by atoms with Crippen LogP contribution >= 0.6 is 0 Å². The number of aryl methyl sites for hydroxylation is 2. The van der Waals surface area contributed by atoms with E-state index in [1.807, 2.05) is 18.2 Å². The van der Waals surface area contributed by atoms with Crippen molar-refractivity contribution in [2.24, 2.45) is 13.0 Å². The van der Waals surface area contributed by atoms with Crippen molar-refractivity contribution in [3.8, 4) is 5.95 Å². The number of likely N-dealkylation sites (tertiary alicyclic amines) is 1. The molecule has 3 aliphatic rings. The minimum atomic E-state index is -0.627. The molecule has 0 bridgehead atoms. The van der Waals surface area contributed by atoms with Crippen LogP contribution in [0.1, 0.15) is 31.4 Å².